The molecule has 4 radical (unpaired) electrons. The summed E-state index contributed by atoms with van der Waals surface area (Å²) in [5.41, 5.74) is 31.0. The predicted octanol–water partition coefficient (Wildman–Crippen LogP) is 7.17. The summed E-state index contributed by atoms with van der Waals surface area (Å²) in [7, 11) is 0. The Morgan fingerprint density at radius 2 is 0.625 bits per heavy atom. The van der Waals surface area contributed by atoms with Crippen LogP contribution in [0.3, 0.4) is 0 Å². The standard InChI is InChI=1S/C26H18N6O4.4Y/c27-19-15-13-14-17(21(19)29)25(35)32(12-9-5-2-6-10-12)26(36)18(14)22(30)20(28)16(13)24(34)31(23(15)33)11-7-3-1-4-8-11;;;;/h1-10H,(H8,27,28,29,30,33,34,35,36);;;;/p-4. The van der Waals surface area contributed by atoms with Gasteiger partial charge in [-0.05, 0) is 24.3 Å². The Morgan fingerprint density at radius 3 is 0.850 bits per heavy atom. The van der Waals surface area contributed by atoms with Crippen LogP contribution in [-0.2, 0) is 131 Å². The molecule has 14 heteroatoms. The molecule has 0 spiro atoms. The van der Waals surface area contributed by atoms with Gasteiger partial charge in [0.1, 0.15) is 0 Å². The van der Waals surface area contributed by atoms with Gasteiger partial charge in [-0.15, -0.1) is 22.7 Å². The molecule has 0 unspecified atom stereocenters. The normalized spacial score (nSPS) is 13.2. The fraction of sp³-hybridized carbons (Fsp3) is 0. The number of para-hydroxylation sites is 2. The first-order chi connectivity index (χ1) is 17.3. The second kappa shape index (κ2) is 13.1. The summed E-state index contributed by atoms with van der Waals surface area (Å²) in [5.74, 6) is -3.62. The molecule has 40 heavy (non-hydrogen) atoms. The molecule has 4 aromatic rings. The second-order valence-corrected chi connectivity index (χ2v) is 8.31. The molecule has 0 atom stereocenters. The van der Waals surface area contributed by atoms with E-state index in [2.05, 4.69) is 0 Å². The summed E-state index contributed by atoms with van der Waals surface area (Å²) in [6.45, 7) is 0. The molecule has 0 bridgehead atoms. The number of carbonyl (C=O) groups is 4. The van der Waals surface area contributed by atoms with E-state index >= 15 is 0 Å². The van der Waals surface area contributed by atoms with Crippen molar-refractivity contribution in [1.29, 1.82) is 0 Å². The van der Waals surface area contributed by atoms with Crippen LogP contribution in [0.4, 0.5) is 34.1 Å². The molecular weight excluding hydrogens is 816 g/mol. The van der Waals surface area contributed by atoms with Crippen LogP contribution >= 0.6 is 0 Å². The van der Waals surface area contributed by atoms with Crippen molar-refractivity contribution < 1.29 is 150 Å². The van der Waals surface area contributed by atoms with Gasteiger partial charge in [-0.25, -0.2) is 9.80 Å². The summed E-state index contributed by atoms with van der Waals surface area (Å²) in [6, 6.07) is 15.8. The van der Waals surface area contributed by atoms with E-state index in [0.29, 0.717) is 0 Å². The van der Waals surface area contributed by atoms with Crippen molar-refractivity contribution in [2.24, 2.45) is 0 Å². The third-order valence-corrected chi connectivity index (χ3v) is 6.45. The van der Waals surface area contributed by atoms with E-state index < -0.39 is 46.4 Å². The van der Waals surface area contributed by atoms with Gasteiger partial charge in [-0.3, -0.25) is 19.2 Å². The van der Waals surface area contributed by atoms with E-state index in [-0.39, 0.29) is 175 Å². The quantitative estimate of drug-likeness (QED) is 0.195. The van der Waals surface area contributed by atoms with E-state index in [9.17, 15) is 19.2 Å². The van der Waals surface area contributed by atoms with Crippen molar-refractivity contribution in [3.63, 3.8) is 0 Å². The Bertz CT molecular complexity index is 1510. The molecule has 2 heterocycles. The van der Waals surface area contributed by atoms with Gasteiger partial charge in [-0.1, -0.05) is 36.4 Å². The molecule has 6 rings (SSSR count). The number of amides is 4. The number of hydrogen-bond donors (Lipinski definition) is 0. The Hall–Kier alpha value is -0.964. The van der Waals surface area contributed by atoms with Crippen LogP contribution in [-0.4, -0.2) is 23.6 Å². The minimum Gasteiger partial charge on any atom is -0.699 e. The molecule has 2 aliphatic rings. The molecule has 0 saturated heterocycles. The first-order valence-electron chi connectivity index (χ1n) is 10.7. The van der Waals surface area contributed by atoms with Crippen molar-refractivity contribution in [3.05, 3.63) is 106 Å². The molecule has 2 aliphatic heterocycles. The number of imide groups is 2. The molecule has 0 aliphatic carbocycles. The van der Waals surface area contributed by atoms with Crippen LogP contribution in [0.5, 0.6) is 0 Å². The molecule has 10 nitrogen and oxygen atoms in total. The van der Waals surface area contributed by atoms with E-state index in [4.69, 9.17) is 22.9 Å². The number of carbonyl (C=O) groups excluding carboxylic acids is 4. The van der Waals surface area contributed by atoms with Gasteiger partial charge in [0.15, 0.2) is 0 Å². The Labute approximate surface area is 329 Å². The number of benzene rings is 4. The summed E-state index contributed by atoms with van der Waals surface area (Å²) >= 11 is 0. The Balaban J connectivity index is 0.00000140. The Morgan fingerprint density at radius 1 is 0.400 bits per heavy atom. The van der Waals surface area contributed by atoms with Crippen LogP contribution in [0.15, 0.2) is 60.7 Å². The van der Waals surface area contributed by atoms with Crippen molar-refractivity contribution in [1.82, 2.24) is 0 Å². The SMILES string of the molecule is [NH-]c1c([NH-])c2c3c(c([NH-])c([NH-])c4c3c1C(=O)N(c1ccccc1)C4=O)C(=O)N(c1ccccc1)C2=O.[Y].[Y].[Y].[Y]. The topological polar surface area (TPSA) is 170 Å². The molecule has 4 N–H and O–H groups in total. The average molecular weight is 830 g/mol. The number of hydrogen-bond acceptors (Lipinski definition) is 4. The third-order valence-electron chi connectivity index (χ3n) is 6.45. The van der Waals surface area contributed by atoms with Crippen LogP contribution in [0.1, 0.15) is 41.4 Å². The zero-order chi connectivity index (χ0) is 25.5. The van der Waals surface area contributed by atoms with Gasteiger partial charge in [0.2, 0.25) is 0 Å². The van der Waals surface area contributed by atoms with Gasteiger partial charge in [0, 0.05) is 164 Å². The minimum absolute atomic E-state index is 0. The fourth-order valence-electron chi connectivity index (χ4n) is 4.86. The van der Waals surface area contributed by atoms with E-state index in [1.807, 2.05) is 0 Å². The summed E-state index contributed by atoms with van der Waals surface area (Å²) in [4.78, 5) is 55.9. The predicted molar refractivity (Wildman–Crippen MR) is 135 cm³/mol. The number of anilines is 2. The van der Waals surface area contributed by atoms with Gasteiger partial charge < -0.3 is 22.9 Å². The summed E-state index contributed by atoms with van der Waals surface area (Å²) < 4.78 is 0. The maximum atomic E-state index is 13.6. The van der Waals surface area contributed by atoms with Crippen molar-refractivity contribution >= 4 is 68.5 Å². The summed E-state index contributed by atoms with van der Waals surface area (Å²) in [6.07, 6.45) is 0. The zero-order valence-electron chi connectivity index (χ0n) is 20.6. The van der Waals surface area contributed by atoms with Crippen LogP contribution in [0.25, 0.3) is 33.7 Å². The maximum absolute atomic E-state index is 13.6. The monoisotopic (exact) mass is 830 g/mol. The summed E-state index contributed by atoms with van der Waals surface area (Å²) in [5, 5.41) is -0.419. The van der Waals surface area contributed by atoms with Gasteiger partial charge >= 0.3 is 0 Å². The van der Waals surface area contributed by atoms with Gasteiger partial charge in [0.05, 0.1) is 11.4 Å². The number of nitrogens with one attached hydrogen (secondary N) is 4. The fourth-order valence-corrected chi connectivity index (χ4v) is 4.86. The van der Waals surface area contributed by atoms with Crippen LogP contribution in [0, 0.1) is 0 Å². The largest absolute Gasteiger partial charge is 0.699 e. The van der Waals surface area contributed by atoms with Crippen LogP contribution in [0.2, 0.25) is 0 Å². The smallest absolute Gasteiger partial charge is 0.264 e. The van der Waals surface area contributed by atoms with E-state index in [1.54, 1.807) is 36.4 Å². The van der Waals surface area contributed by atoms with Gasteiger partial charge in [0.25, 0.3) is 23.6 Å². The Kier molecular flexibility index (Phi) is 11.6. The first kappa shape index (κ1) is 35.2. The average Bonchev–Trinajstić information content (AvgIpc) is 2.87. The number of nitrogens with zero attached hydrogens (tertiary/aromatic N) is 2. The minimum atomic E-state index is -0.905. The molecule has 4 aromatic carbocycles. The van der Waals surface area contributed by atoms with E-state index in [0.717, 1.165) is 9.80 Å². The third kappa shape index (κ3) is 4.90. The molecular formula is C26H14N6O4Y4-4. The molecule has 0 saturated carbocycles. The van der Waals surface area contributed by atoms with Crippen molar-refractivity contribution in [2.45, 2.75) is 0 Å². The van der Waals surface area contributed by atoms with Gasteiger partial charge in [-0.2, -0.15) is 0 Å². The maximum Gasteiger partial charge on any atom is 0.264 e. The second-order valence-electron chi connectivity index (χ2n) is 8.31. The number of rotatable bonds is 2. The molecule has 4 amide bonds. The van der Waals surface area contributed by atoms with Crippen molar-refractivity contribution in [3.8, 4) is 0 Å². The zero-order valence-corrected chi connectivity index (χ0v) is 32.0. The molecule has 0 aromatic heterocycles. The van der Waals surface area contributed by atoms with Crippen LogP contribution < -0.4 is 9.80 Å². The first-order valence-corrected chi connectivity index (χ1v) is 10.7. The molecule has 0 fully saturated rings. The van der Waals surface area contributed by atoms with E-state index in [1.165, 1.54) is 24.3 Å². The molecule has 188 valence electrons. The van der Waals surface area contributed by atoms with Crippen molar-refractivity contribution in [2.75, 3.05) is 9.80 Å².